The van der Waals surface area contributed by atoms with Crippen LogP contribution in [0.4, 0.5) is 10.5 Å². The molecule has 0 aromatic heterocycles. The number of anilines is 1. The molecule has 4 heterocycles. The van der Waals surface area contributed by atoms with Crippen LogP contribution in [0.15, 0.2) is 18.2 Å². The molecule has 4 aliphatic rings. The van der Waals surface area contributed by atoms with Crippen molar-refractivity contribution in [3.05, 3.63) is 29.3 Å². The first-order chi connectivity index (χ1) is 16.9. The Balaban J connectivity index is 1.14. The van der Waals surface area contributed by atoms with E-state index in [9.17, 15) is 19.2 Å². The van der Waals surface area contributed by atoms with Crippen LogP contribution in [0.3, 0.4) is 0 Å². The van der Waals surface area contributed by atoms with E-state index in [-0.39, 0.29) is 42.4 Å². The summed E-state index contributed by atoms with van der Waals surface area (Å²) in [7, 11) is 1.41. The number of rotatable bonds is 4. The lowest BCUT2D eigenvalue weighted by molar-refractivity contribution is -0.136. The number of imide groups is 1. The second kappa shape index (κ2) is 9.85. The number of carbonyl (C=O) groups is 4. The van der Waals surface area contributed by atoms with Crippen LogP contribution < -0.4 is 10.2 Å². The van der Waals surface area contributed by atoms with Crippen LogP contribution in [-0.2, 0) is 25.6 Å². The van der Waals surface area contributed by atoms with Crippen LogP contribution in [0, 0.1) is 0 Å². The largest absolute Gasteiger partial charge is 0.453 e. The molecule has 1 unspecified atom stereocenters. The van der Waals surface area contributed by atoms with Crippen molar-refractivity contribution in [3.8, 4) is 0 Å². The Morgan fingerprint density at radius 2 is 1.66 bits per heavy atom. The fourth-order valence-electron chi connectivity index (χ4n) is 5.58. The van der Waals surface area contributed by atoms with E-state index in [2.05, 4.69) is 16.3 Å². The molecule has 10 nitrogen and oxygen atoms in total. The lowest BCUT2D eigenvalue weighted by Gasteiger charge is -2.37. The minimum atomic E-state index is -0.594. The highest BCUT2D eigenvalue weighted by Gasteiger charge is 2.39. The standard InChI is InChI=1S/C25H32N4O6/c1-34-25(33)28-12-8-19(9-13-28)35-18-6-10-27(11-7-18)17-2-3-20-16(14-17)15-29(24(20)32)21-4-5-22(30)26-23(21)31/h2-3,14,18-19,21H,4-13,15H2,1H3,(H,26,30,31). The molecule has 1 aromatic rings. The summed E-state index contributed by atoms with van der Waals surface area (Å²) in [6, 6.07) is 5.30. The Morgan fingerprint density at radius 3 is 2.31 bits per heavy atom. The molecule has 1 aromatic carbocycles. The summed E-state index contributed by atoms with van der Waals surface area (Å²) < 4.78 is 11.1. The van der Waals surface area contributed by atoms with Gasteiger partial charge in [0.05, 0.1) is 19.3 Å². The van der Waals surface area contributed by atoms with Gasteiger partial charge in [-0.25, -0.2) is 4.79 Å². The van der Waals surface area contributed by atoms with Crippen molar-refractivity contribution >= 4 is 29.5 Å². The van der Waals surface area contributed by atoms with Crippen LogP contribution in [0.2, 0.25) is 0 Å². The molecule has 0 radical (unpaired) electrons. The van der Waals surface area contributed by atoms with Crippen LogP contribution in [0.5, 0.6) is 0 Å². The molecule has 0 bridgehead atoms. The number of ether oxygens (including phenoxy) is 2. The zero-order chi connectivity index (χ0) is 24.5. The topological polar surface area (TPSA) is 108 Å². The Bertz CT molecular complexity index is 1010. The summed E-state index contributed by atoms with van der Waals surface area (Å²) in [4.78, 5) is 53.9. The van der Waals surface area contributed by atoms with E-state index in [0.29, 0.717) is 31.6 Å². The van der Waals surface area contributed by atoms with Crippen LogP contribution in [0.1, 0.15) is 54.4 Å². The molecule has 1 atom stereocenters. The number of amides is 4. The number of hydrogen-bond acceptors (Lipinski definition) is 7. The molecular formula is C25H32N4O6. The Morgan fingerprint density at radius 1 is 0.971 bits per heavy atom. The Kier molecular flexibility index (Phi) is 6.64. The molecule has 4 amide bonds. The lowest BCUT2D eigenvalue weighted by Crippen LogP contribution is -2.52. The van der Waals surface area contributed by atoms with Crippen molar-refractivity contribution in [1.82, 2.24) is 15.1 Å². The first-order valence-corrected chi connectivity index (χ1v) is 12.4. The van der Waals surface area contributed by atoms with E-state index >= 15 is 0 Å². The van der Waals surface area contributed by atoms with Gasteiger partial charge in [0.2, 0.25) is 11.8 Å². The summed E-state index contributed by atoms with van der Waals surface area (Å²) in [5, 5.41) is 2.34. The number of nitrogens with one attached hydrogen (secondary N) is 1. The van der Waals surface area contributed by atoms with Gasteiger partial charge in [-0.3, -0.25) is 19.7 Å². The van der Waals surface area contributed by atoms with E-state index in [1.807, 2.05) is 12.1 Å². The number of carbonyl (C=O) groups excluding carboxylic acids is 4. The van der Waals surface area contributed by atoms with E-state index in [1.165, 1.54) is 7.11 Å². The van der Waals surface area contributed by atoms with Gasteiger partial charge >= 0.3 is 6.09 Å². The van der Waals surface area contributed by atoms with Gasteiger partial charge < -0.3 is 24.2 Å². The number of piperidine rings is 3. The molecule has 1 N–H and O–H groups in total. The van der Waals surface area contributed by atoms with E-state index in [1.54, 1.807) is 9.80 Å². The smallest absolute Gasteiger partial charge is 0.409 e. The van der Waals surface area contributed by atoms with Gasteiger partial charge in [-0.1, -0.05) is 0 Å². The third-order valence-corrected chi connectivity index (χ3v) is 7.57. The average Bonchev–Trinajstić information content (AvgIpc) is 3.20. The van der Waals surface area contributed by atoms with Gasteiger partial charge in [0.25, 0.3) is 5.91 Å². The molecular weight excluding hydrogens is 452 g/mol. The minimum absolute atomic E-state index is 0.147. The summed E-state index contributed by atoms with van der Waals surface area (Å²) in [5.41, 5.74) is 2.63. The fraction of sp³-hybridized carbons (Fsp3) is 0.600. The molecule has 188 valence electrons. The number of methoxy groups -OCH3 is 1. The molecule has 3 saturated heterocycles. The monoisotopic (exact) mass is 484 g/mol. The van der Waals surface area contributed by atoms with Crippen LogP contribution in [0.25, 0.3) is 0 Å². The first-order valence-electron chi connectivity index (χ1n) is 12.4. The second-order valence-electron chi connectivity index (χ2n) is 9.72. The van der Waals surface area contributed by atoms with Gasteiger partial charge in [-0.05, 0) is 55.9 Å². The molecule has 3 fully saturated rings. The molecule has 35 heavy (non-hydrogen) atoms. The van der Waals surface area contributed by atoms with E-state index < -0.39 is 6.04 Å². The quantitative estimate of drug-likeness (QED) is 0.648. The maximum atomic E-state index is 12.9. The van der Waals surface area contributed by atoms with Gasteiger partial charge in [0.1, 0.15) is 6.04 Å². The third-order valence-electron chi connectivity index (χ3n) is 7.57. The predicted octanol–water partition coefficient (Wildman–Crippen LogP) is 1.66. The summed E-state index contributed by atoms with van der Waals surface area (Å²) in [6.07, 6.45) is 4.25. The van der Waals surface area contributed by atoms with Gasteiger partial charge in [0, 0.05) is 50.4 Å². The summed E-state index contributed by atoms with van der Waals surface area (Å²) in [6.45, 7) is 3.46. The average molecular weight is 485 g/mol. The number of benzene rings is 1. The third kappa shape index (κ3) is 4.84. The zero-order valence-electron chi connectivity index (χ0n) is 20.0. The molecule has 10 heteroatoms. The highest BCUT2D eigenvalue weighted by Crippen LogP contribution is 2.32. The highest BCUT2D eigenvalue weighted by atomic mass is 16.5. The molecule has 4 aliphatic heterocycles. The first kappa shape index (κ1) is 23.6. The van der Waals surface area contributed by atoms with Crippen molar-refractivity contribution in [2.75, 3.05) is 38.2 Å². The summed E-state index contributed by atoms with van der Waals surface area (Å²) in [5.74, 6) is -0.816. The van der Waals surface area contributed by atoms with E-state index in [0.717, 1.165) is 50.0 Å². The van der Waals surface area contributed by atoms with Gasteiger partial charge in [-0.2, -0.15) is 0 Å². The maximum Gasteiger partial charge on any atom is 0.409 e. The summed E-state index contributed by atoms with van der Waals surface area (Å²) >= 11 is 0. The van der Waals surface area contributed by atoms with Crippen LogP contribution in [-0.4, -0.2) is 85.2 Å². The maximum absolute atomic E-state index is 12.9. The van der Waals surface area contributed by atoms with Crippen molar-refractivity contribution < 1.29 is 28.7 Å². The Labute approximate surface area is 204 Å². The molecule has 0 aliphatic carbocycles. The predicted molar refractivity (Wildman–Crippen MR) is 126 cm³/mol. The highest BCUT2D eigenvalue weighted by molar-refractivity contribution is 6.05. The number of hydrogen-bond donors (Lipinski definition) is 1. The second-order valence-corrected chi connectivity index (χ2v) is 9.72. The van der Waals surface area contributed by atoms with Crippen molar-refractivity contribution in [2.45, 2.75) is 63.3 Å². The SMILES string of the molecule is COC(=O)N1CCC(OC2CCN(c3ccc4c(c3)CN(C3CCC(=O)NC3=O)C4=O)CC2)CC1. The number of nitrogens with zero attached hydrogens (tertiary/aromatic N) is 3. The van der Waals surface area contributed by atoms with Crippen molar-refractivity contribution in [1.29, 1.82) is 0 Å². The van der Waals surface area contributed by atoms with Gasteiger partial charge in [-0.15, -0.1) is 0 Å². The number of fused-ring (bicyclic) bond motifs is 1. The van der Waals surface area contributed by atoms with Gasteiger partial charge in [0.15, 0.2) is 0 Å². The zero-order valence-corrected chi connectivity index (χ0v) is 20.0. The fourth-order valence-corrected chi connectivity index (χ4v) is 5.58. The molecule has 5 rings (SSSR count). The molecule has 0 spiro atoms. The van der Waals surface area contributed by atoms with Crippen molar-refractivity contribution in [3.63, 3.8) is 0 Å². The molecule has 0 saturated carbocycles. The van der Waals surface area contributed by atoms with E-state index in [4.69, 9.17) is 9.47 Å². The minimum Gasteiger partial charge on any atom is -0.453 e. The van der Waals surface area contributed by atoms with Crippen molar-refractivity contribution in [2.24, 2.45) is 0 Å². The normalized spacial score (nSPS) is 24.0. The van der Waals surface area contributed by atoms with Crippen LogP contribution >= 0.6 is 0 Å². The lowest BCUT2D eigenvalue weighted by atomic mass is 10.0. The Hall–Kier alpha value is -3.14. The number of likely N-dealkylation sites (tertiary alicyclic amines) is 1.